The Morgan fingerprint density at radius 1 is 0.967 bits per heavy atom. The first-order chi connectivity index (χ1) is 14.7. The number of rotatable bonds is 6. The quantitative estimate of drug-likeness (QED) is 0.403. The van der Waals surface area contributed by atoms with Crippen molar-refractivity contribution in [1.29, 1.82) is 0 Å². The molecule has 0 bridgehead atoms. The maximum Gasteiger partial charge on any atom is 0.288 e. The van der Waals surface area contributed by atoms with E-state index >= 15 is 0 Å². The summed E-state index contributed by atoms with van der Waals surface area (Å²) in [6.45, 7) is 3.04. The number of benzene rings is 2. The Morgan fingerprint density at radius 2 is 1.77 bits per heavy atom. The monoisotopic (exact) mass is 422 g/mol. The summed E-state index contributed by atoms with van der Waals surface area (Å²) in [4.78, 5) is 7.24. The lowest BCUT2D eigenvalue weighted by Crippen LogP contribution is -2.32. The van der Waals surface area contributed by atoms with Crippen molar-refractivity contribution in [1.82, 2.24) is 19.7 Å². The zero-order valence-corrected chi connectivity index (χ0v) is 17.3. The minimum absolute atomic E-state index is 0.221. The van der Waals surface area contributed by atoms with Gasteiger partial charge in [0.1, 0.15) is 11.3 Å². The fourth-order valence-electron chi connectivity index (χ4n) is 3.62. The van der Waals surface area contributed by atoms with E-state index in [4.69, 9.17) is 25.8 Å². The highest BCUT2D eigenvalue weighted by molar-refractivity contribution is 7.71. The van der Waals surface area contributed by atoms with Crippen molar-refractivity contribution in [2.45, 2.75) is 32.5 Å². The third-order valence-corrected chi connectivity index (χ3v) is 5.48. The molecule has 0 amide bonds. The molecule has 8 heteroatoms. The number of piperidine rings is 1. The van der Waals surface area contributed by atoms with Gasteiger partial charge in [-0.2, -0.15) is 0 Å². The molecule has 154 valence electrons. The summed E-state index contributed by atoms with van der Waals surface area (Å²) in [7, 11) is 0. The minimum atomic E-state index is 0.221. The van der Waals surface area contributed by atoms with Crippen molar-refractivity contribution in [2.75, 3.05) is 13.1 Å². The zero-order chi connectivity index (χ0) is 20.3. The first-order valence-corrected chi connectivity index (χ1v) is 10.5. The van der Waals surface area contributed by atoms with Crippen LogP contribution in [0.3, 0.4) is 0 Å². The number of nitrogens with zero attached hydrogens (tertiary/aromatic N) is 4. The van der Waals surface area contributed by atoms with Crippen LogP contribution >= 0.6 is 12.2 Å². The highest BCUT2D eigenvalue weighted by atomic mass is 32.1. The molecule has 7 nitrogen and oxygen atoms in total. The summed E-state index contributed by atoms with van der Waals surface area (Å²) in [6.07, 6.45) is 3.74. The van der Waals surface area contributed by atoms with Crippen molar-refractivity contribution in [2.24, 2.45) is 0 Å². The van der Waals surface area contributed by atoms with Crippen LogP contribution in [-0.2, 0) is 13.3 Å². The molecule has 0 radical (unpaired) electrons. The fourth-order valence-corrected chi connectivity index (χ4v) is 3.82. The molecule has 0 aliphatic carbocycles. The molecule has 1 fully saturated rings. The average Bonchev–Trinajstić information content (AvgIpc) is 3.37. The van der Waals surface area contributed by atoms with Crippen molar-refractivity contribution in [3.63, 3.8) is 0 Å². The van der Waals surface area contributed by atoms with E-state index in [1.165, 1.54) is 19.3 Å². The van der Waals surface area contributed by atoms with Crippen LogP contribution < -0.4 is 4.74 Å². The molecule has 0 saturated carbocycles. The second-order valence-electron chi connectivity index (χ2n) is 7.38. The van der Waals surface area contributed by atoms with Gasteiger partial charge < -0.3 is 13.6 Å². The Morgan fingerprint density at radius 3 is 2.57 bits per heavy atom. The standard InChI is InChI=1S/C22H22N4O3S/c30-22-26(15-25-12-4-1-5-13-25)24-20(29-22)14-27-17-10-8-16(9-11-17)21-23-18-6-2-3-7-19(18)28-21/h2-3,6-11H,1,4-5,12-15H2. The summed E-state index contributed by atoms with van der Waals surface area (Å²) in [5, 5.41) is 4.46. The normalized spacial score (nSPS) is 14.9. The van der Waals surface area contributed by atoms with E-state index in [0.29, 0.717) is 29.0 Å². The fraction of sp³-hybridized carbons (Fsp3) is 0.318. The molecule has 0 N–H and O–H groups in total. The average molecular weight is 423 g/mol. The van der Waals surface area contributed by atoms with E-state index in [9.17, 15) is 0 Å². The molecule has 30 heavy (non-hydrogen) atoms. The number of ether oxygens (including phenoxy) is 1. The molecule has 4 aromatic rings. The molecule has 2 aromatic carbocycles. The minimum Gasteiger partial charge on any atom is -0.484 e. The molecular weight excluding hydrogens is 400 g/mol. The van der Waals surface area contributed by atoms with Gasteiger partial charge in [0.2, 0.25) is 5.89 Å². The van der Waals surface area contributed by atoms with Gasteiger partial charge >= 0.3 is 0 Å². The topological polar surface area (TPSA) is 69.5 Å². The molecule has 5 rings (SSSR count). The third kappa shape index (κ3) is 4.15. The van der Waals surface area contributed by atoms with E-state index in [1.54, 1.807) is 4.68 Å². The first-order valence-electron chi connectivity index (χ1n) is 10.1. The van der Waals surface area contributed by atoms with Gasteiger partial charge in [-0.05, 0) is 74.5 Å². The van der Waals surface area contributed by atoms with Gasteiger partial charge in [-0.25, -0.2) is 9.67 Å². The lowest BCUT2D eigenvalue weighted by molar-refractivity contribution is 0.170. The largest absolute Gasteiger partial charge is 0.484 e. The lowest BCUT2D eigenvalue weighted by Gasteiger charge is -2.25. The van der Waals surface area contributed by atoms with Crippen LogP contribution in [0, 0.1) is 4.84 Å². The number of hydrogen-bond donors (Lipinski definition) is 0. The molecule has 1 aliphatic rings. The van der Waals surface area contributed by atoms with Crippen LogP contribution in [-0.4, -0.2) is 32.8 Å². The van der Waals surface area contributed by atoms with Crippen LogP contribution in [0.15, 0.2) is 57.4 Å². The number of oxazole rings is 1. The van der Waals surface area contributed by atoms with Crippen molar-refractivity contribution < 1.29 is 13.6 Å². The van der Waals surface area contributed by atoms with Gasteiger partial charge in [0.15, 0.2) is 12.2 Å². The Labute approximate surface area is 178 Å². The van der Waals surface area contributed by atoms with Crippen molar-refractivity contribution in [3.8, 4) is 17.2 Å². The predicted molar refractivity (Wildman–Crippen MR) is 115 cm³/mol. The number of hydrogen-bond acceptors (Lipinski definition) is 7. The van der Waals surface area contributed by atoms with Crippen LogP contribution in [0.2, 0.25) is 0 Å². The van der Waals surface area contributed by atoms with Crippen LogP contribution in [0.25, 0.3) is 22.6 Å². The molecule has 1 aliphatic heterocycles. The number of likely N-dealkylation sites (tertiary alicyclic amines) is 1. The second kappa shape index (κ2) is 8.41. The van der Waals surface area contributed by atoms with E-state index < -0.39 is 0 Å². The van der Waals surface area contributed by atoms with Crippen molar-refractivity contribution >= 4 is 23.3 Å². The smallest absolute Gasteiger partial charge is 0.288 e. The summed E-state index contributed by atoms with van der Waals surface area (Å²) in [5.74, 6) is 1.77. The SMILES string of the molecule is S=c1oc(COc2ccc(-c3nc4ccccc4o3)cc2)nn1CN1CCCCC1. The third-order valence-electron chi connectivity index (χ3n) is 5.19. The second-order valence-corrected chi connectivity index (χ2v) is 7.73. The summed E-state index contributed by atoms with van der Waals surface area (Å²) in [6, 6.07) is 15.3. The molecule has 2 aromatic heterocycles. The van der Waals surface area contributed by atoms with E-state index in [2.05, 4.69) is 15.0 Å². The van der Waals surface area contributed by atoms with Gasteiger partial charge in [0.05, 0.1) is 6.67 Å². The number of fused-ring (bicyclic) bond motifs is 1. The molecule has 0 atom stereocenters. The number of para-hydroxylation sites is 2. The molecule has 0 unspecified atom stereocenters. The van der Waals surface area contributed by atoms with Crippen LogP contribution in [0.4, 0.5) is 0 Å². The Hall–Kier alpha value is -2.97. The maximum absolute atomic E-state index is 5.82. The van der Waals surface area contributed by atoms with E-state index in [1.807, 2.05) is 48.5 Å². The lowest BCUT2D eigenvalue weighted by atomic mass is 10.1. The van der Waals surface area contributed by atoms with E-state index in [-0.39, 0.29) is 6.61 Å². The van der Waals surface area contributed by atoms with Gasteiger partial charge in [0, 0.05) is 5.56 Å². The van der Waals surface area contributed by atoms with Crippen LogP contribution in [0.1, 0.15) is 25.2 Å². The zero-order valence-electron chi connectivity index (χ0n) is 16.5. The molecular formula is C22H22N4O3S. The number of aromatic nitrogens is 3. The highest BCUT2D eigenvalue weighted by Crippen LogP contribution is 2.26. The molecule has 1 saturated heterocycles. The molecule has 0 spiro atoms. The highest BCUT2D eigenvalue weighted by Gasteiger charge is 2.14. The van der Waals surface area contributed by atoms with Crippen LogP contribution in [0.5, 0.6) is 5.75 Å². The van der Waals surface area contributed by atoms with Gasteiger partial charge in [-0.3, -0.25) is 4.90 Å². The maximum atomic E-state index is 5.82. The first kappa shape index (κ1) is 19.0. The summed E-state index contributed by atoms with van der Waals surface area (Å²) < 4.78 is 19.0. The van der Waals surface area contributed by atoms with Crippen molar-refractivity contribution in [3.05, 3.63) is 59.3 Å². The van der Waals surface area contributed by atoms with Gasteiger partial charge in [-0.1, -0.05) is 18.6 Å². The Kier molecular flexibility index (Phi) is 5.33. The van der Waals surface area contributed by atoms with Gasteiger partial charge in [0.25, 0.3) is 10.7 Å². The molecule has 3 heterocycles. The van der Waals surface area contributed by atoms with Gasteiger partial charge in [-0.15, -0.1) is 5.10 Å². The Bertz CT molecular complexity index is 1160. The predicted octanol–water partition coefficient (Wildman–Crippen LogP) is 5.04. The Balaban J connectivity index is 1.22. The summed E-state index contributed by atoms with van der Waals surface area (Å²) >= 11 is 5.30. The summed E-state index contributed by atoms with van der Waals surface area (Å²) in [5.41, 5.74) is 2.51. The van der Waals surface area contributed by atoms with E-state index in [0.717, 1.165) is 29.8 Å².